The van der Waals surface area contributed by atoms with E-state index in [-0.39, 0.29) is 16.7 Å². The number of aryl methyl sites for hydroxylation is 1. The van der Waals surface area contributed by atoms with Crippen LogP contribution in [0.4, 0.5) is 0 Å². The Morgan fingerprint density at radius 2 is 1.57 bits per heavy atom. The number of hydrogen-bond donors (Lipinski definition) is 0. The summed E-state index contributed by atoms with van der Waals surface area (Å²) < 4.78 is 43.3. The summed E-state index contributed by atoms with van der Waals surface area (Å²) in [6.07, 6.45) is 1.16. The van der Waals surface area contributed by atoms with Crippen LogP contribution < -0.4 is 5.46 Å². The van der Waals surface area contributed by atoms with Crippen LogP contribution in [0.1, 0.15) is 54.1 Å². The predicted molar refractivity (Wildman–Crippen MR) is 111 cm³/mol. The Morgan fingerprint density at radius 1 is 1.03 bits per heavy atom. The van der Waals surface area contributed by atoms with Crippen molar-refractivity contribution in [2.24, 2.45) is 0 Å². The largest absolute Gasteiger partial charge is 0.496 e. The molecular weight excluding hydrogens is 409 g/mol. The second kappa shape index (κ2) is 7.37. The van der Waals surface area contributed by atoms with Gasteiger partial charge in [-0.1, -0.05) is 17.7 Å². The van der Waals surface area contributed by atoms with Crippen molar-refractivity contribution in [3.05, 3.63) is 53.3 Å². The van der Waals surface area contributed by atoms with E-state index in [0.717, 1.165) is 18.9 Å². The van der Waals surface area contributed by atoms with Crippen LogP contribution >= 0.6 is 0 Å². The third-order valence-electron chi connectivity index (χ3n) is 5.51. The van der Waals surface area contributed by atoms with Gasteiger partial charge in [0, 0.05) is 17.2 Å². The Labute approximate surface area is 176 Å². The molecule has 1 aromatic heterocycles. The van der Waals surface area contributed by atoms with Gasteiger partial charge in [0.15, 0.2) is 0 Å². The Kier molecular flexibility index (Phi) is 5.47. The number of benzene rings is 1. The van der Waals surface area contributed by atoms with Crippen molar-refractivity contribution in [3.63, 3.8) is 0 Å². The first-order chi connectivity index (χ1) is 13.8. The maximum absolute atomic E-state index is 13.1. The molecule has 160 valence electrons. The third-order valence-corrected chi connectivity index (χ3v) is 7.03. The number of rotatable bonds is 4. The highest BCUT2D eigenvalue weighted by atomic mass is 32.2. The molecule has 2 heterocycles. The first kappa shape index (κ1) is 22.3. The van der Waals surface area contributed by atoms with Gasteiger partial charge < -0.3 is 14.0 Å². The number of hydrogen-bond acceptors (Lipinski definition) is 7. The normalized spacial score (nSPS) is 17.7. The summed E-state index contributed by atoms with van der Waals surface area (Å²) in [6.45, 7) is 9.22. The van der Waals surface area contributed by atoms with Crippen molar-refractivity contribution in [1.29, 1.82) is 0 Å². The van der Waals surface area contributed by atoms with Gasteiger partial charge in [0.25, 0.3) is 5.12 Å². The smallest absolute Gasteiger partial charge is 0.464 e. The summed E-state index contributed by atoms with van der Waals surface area (Å²) in [5.41, 5.74) is -0.494. The number of carbonyl (C=O) groups excluding carboxylic acids is 2. The molecule has 8 nitrogen and oxygen atoms in total. The minimum atomic E-state index is -4.59. The van der Waals surface area contributed by atoms with E-state index >= 15 is 0 Å². The third kappa shape index (κ3) is 3.70. The SMILES string of the molecule is COC(=O)c1cc(B2OC(C)(C)C(C)(C)O2)cn1S(=O)(=O)C(=O)c1ccc(C)cc1. The lowest BCUT2D eigenvalue weighted by Gasteiger charge is -2.32. The molecule has 0 N–H and O–H groups in total. The number of methoxy groups -OCH3 is 1. The first-order valence-corrected chi connectivity index (χ1v) is 10.8. The van der Waals surface area contributed by atoms with Gasteiger partial charge in [-0.05, 0) is 52.8 Å². The van der Waals surface area contributed by atoms with Crippen molar-refractivity contribution in [2.75, 3.05) is 7.11 Å². The molecule has 1 aliphatic heterocycles. The second-order valence-electron chi connectivity index (χ2n) is 8.19. The molecule has 2 aromatic rings. The Hall–Kier alpha value is -2.43. The summed E-state index contributed by atoms with van der Waals surface area (Å²) >= 11 is 0. The second-order valence-corrected chi connectivity index (χ2v) is 9.91. The molecule has 10 heteroatoms. The molecule has 0 unspecified atom stereocenters. The molecule has 30 heavy (non-hydrogen) atoms. The summed E-state index contributed by atoms with van der Waals surface area (Å²) in [6, 6.07) is 7.41. The molecule has 0 saturated carbocycles. The summed E-state index contributed by atoms with van der Waals surface area (Å²) in [5, 5.41) is -1.14. The van der Waals surface area contributed by atoms with Crippen LogP contribution in [0, 0.1) is 6.92 Å². The molecule has 0 bridgehead atoms. The van der Waals surface area contributed by atoms with Crippen LogP contribution in [0.25, 0.3) is 0 Å². The molecule has 1 fully saturated rings. The highest BCUT2D eigenvalue weighted by Crippen LogP contribution is 2.36. The molecule has 0 spiro atoms. The minimum absolute atomic E-state index is 0.0118. The number of nitrogens with zero attached hydrogens (tertiary/aromatic N) is 1. The van der Waals surface area contributed by atoms with Gasteiger partial charge in [-0.15, -0.1) is 0 Å². The fourth-order valence-corrected chi connectivity index (χ4v) is 4.21. The van der Waals surface area contributed by atoms with Crippen molar-refractivity contribution in [3.8, 4) is 0 Å². The van der Waals surface area contributed by atoms with Gasteiger partial charge in [-0.2, -0.15) is 8.42 Å². The summed E-state index contributed by atoms with van der Waals surface area (Å²) in [4.78, 5) is 25.0. The van der Waals surface area contributed by atoms with E-state index in [1.807, 2.05) is 34.6 Å². The van der Waals surface area contributed by atoms with E-state index in [1.54, 1.807) is 12.1 Å². The van der Waals surface area contributed by atoms with Gasteiger partial charge in [0.2, 0.25) is 0 Å². The van der Waals surface area contributed by atoms with Gasteiger partial charge in [-0.3, -0.25) is 4.79 Å². The Bertz CT molecular complexity index is 1080. The number of ether oxygens (including phenoxy) is 1. The van der Waals surface area contributed by atoms with E-state index in [9.17, 15) is 18.0 Å². The van der Waals surface area contributed by atoms with E-state index in [2.05, 4.69) is 0 Å². The average molecular weight is 433 g/mol. The molecule has 1 aliphatic rings. The first-order valence-electron chi connectivity index (χ1n) is 9.33. The quantitative estimate of drug-likeness (QED) is 0.536. The standard InChI is InChI=1S/C20H24BNO7S/c1-13-7-9-14(10-8-13)18(24)30(25,26)22-12-15(11-16(22)17(23)27-6)21-28-19(2,3)20(4,5)29-21/h7-12H,1-6H3. The maximum atomic E-state index is 13.1. The molecule has 1 aromatic carbocycles. The van der Waals surface area contributed by atoms with Gasteiger partial charge in [0.05, 0.1) is 18.3 Å². The van der Waals surface area contributed by atoms with Crippen molar-refractivity contribution >= 4 is 33.7 Å². The topological polar surface area (TPSA) is 101 Å². The van der Waals surface area contributed by atoms with Crippen LogP contribution in [0.2, 0.25) is 0 Å². The molecule has 0 amide bonds. The molecule has 3 rings (SSSR count). The summed E-state index contributed by atoms with van der Waals surface area (Å²) in [5.74, 6) is -0.905. The van der Waals surface area contributed by atoms with Crippen LogP contribution in [-0.2, 0) is 24.1 Å². The number of aromatic nitrogens is 1. The maximum Gasteiger partial charge on any atom is 0.496 e. The van der Waals surface area contributed by atoms with Crippen LogP contribution in [0.3, 0.4) is 0 Å². The van der Waals surface area contributed by atoms with Crippen LogP contribution in [0.5, 0.6) is 0 Å². The lowest BCUT2D eigenvalue weighted by Crippen LogP contribution is -2.41. The van der Waals surface area contributed by atoms with Crippen molar-refractivity contribution in [1.82, 2.24) is 3.97 Å². The Balaban J connectivity index is 2.07. The van der Waals surface area contributed by atoms with Gasteiger partial charge in [-0.25, -0.2) is 8.77 Å². The van der Waals surface area contributed by atoms with Crippen molar-refractivity contribution < 1.29 is 32.1 Å². The lowest BCUT2D eigenvalue weighted by molar-refractivity contribution is 0.00578. The van der Waals surface area contributed by atoms with Crippen LogP contribution in [-0.4, -0.2) is 48.9 Å². The Morgan fingerprint density at radius 3 is 2.07 bits per heavy atom. The predicted octanol–water partition coefficient (Wildman–Crippen LogP) is 1.90. The molecular formula is C20H24BNO7S. The average Bonchev–Trinajstić information content (AvgIpc) is 3.20. The highest BCUT2D eigenvalue weighted by Gasteiger charge is 2.52. The number of esters is 1. The molecule has 1 saturated heterocycles. The highest BCUT2D eigenvalue weighted by molar-refractivity contribution is 8.05. The van der Waals surface area contributed by atoms with E-state index in [0.29, 0.717) is 3.97 Å². The van der Waals surface area contributed by atoms with Gasteiger partial charge >= 0.3 is 23.1 Å². The van der Waals surface area contributed by atoms with E-state index < -0.39 is 39.4 Å². The van der Waals surface area contributed by atoms with E-state index in [1.165, 1.54) is 18.2 Å². The zero-order chi connectivity index (χ0) is 22.5. The molecule has 0 aliphatic carbocycles. The van der Waals surface area contributed by atoms with Gasteiger partial charge in [0.1, 0.15) is 5.69 Å². The zero-order valence-electron chi connectivity index (χ0n) is 17.8. The fourth-order valence-electron chi connectivity index (χ4n) is 2.95. The fraction of sp³-hybridized carbons (Fsp3) is 0.400. The van der Waals surface area contributed by atoms with E-state index in [4.69, 9.17) is 14.0 Å². The van der Waals surface area contributed by atoms with Crippen molar-refractivity contribution in [2.45, 2.75) is 45.8 Å². The lowest BCUT2D eigenvalue weighted by atomic mass is 9.81. The zero-order valence-corrected chi connectivity index (χ0v) is 18.6. The number of carbonyl (C=O) groups is 2. The molecule has 0 radical (unpaired) electrons. The molecule has 0 atom stereocenters. The summed E-state index contributed by atoms with van der Waals surface area (Å²) in [7, 11) is -4.38. The minimum Gasteiger partial charge on any atom is -0.464 e. The van der Waals surface area contributed by atoms with Crippen LogP contribution in [0.15, 0.2) is 36.5 Å². The monoisotopic (exact) mass is 433 g/mol.